The fourth-order valence-corrected chi connectivity index (χ4v) is 4.44. The van der Waals surface area contributed by atoms with Crippen LogP contribution in [0.25, 0.3) is 22.0 Å². The van der Waals surface area contributed by atoms with E-state index in [2.05, 4.69) is 27.4 Å². The Morgan fingerprint density at radius 2 is 2.00 bits per heavy atom. The second kappa shape index (κ2) is 7.60. The predicted molar refractivity (Wildman–Crippen MR) is 126 cm³/mol. The highest BCUT2D eigenvalue weighted by molar-refractivity contribution is 5.85. The van der Waals surface area contributed by atoms with Crippen molar-refractivity contribution in [2.24, 2.45) is 7.05 Å². The van der Waals surface area contributed by atoms with Crippen molar-refractivity contribution in [3.8, 4) is 11.1 Å². The Bertz CT molecular complexity index is 1380. The number of rotatable bonds is 4. The number of hydrogen-bond donors (Lipinski definition) is 2. The number of H-pyrrole nitrogens is 1. The molecule has 1 aliphatic rings. The highest BCUT2D eigenvalue weighted by atomic mass is 16.5. The molecule has 1 aromatic carbocycles. The maximum Gasteiger partial charge on any atom is 0.258 e. The molecule has 5 rings (SSSR count). The zero-order valence-electron chi connectivity index (χ0n) is 18.8. The van der Waals surface area contributed by atoms with Crippen LogP contribution in [0.4, 0.5) is 11.5 Å². The van der Waals surface area contributed by atoms with Crippen molar-refractivity contribution in [1.82, 2.24) is 19.7 Å². The van der Waals surface area contributed by atoms with E-state index >= 15 is 0 Å². The van der Waals surface area contributed by atoms with Crippen molar-refractivity contribution in [3.63, 3.8) is 0 Å². The minimum Gasteiger partial charge on any atom is -0.369 e. The van der Waals surface area contributed by atoms with Crippen LogP contribution in [0.3, 0.4) is 0 Å². The first-order chi connectivity index (χ1) is 15.3. The van der Waals surface area contributed by atoms with Crippen molar-refractivity contribution in [1.29, 1.82) is 0 Å². The van der Waals surface area contributed by atoms with E-state index in [9.17, 15) is 4.79 Å². The van der Waals surface area contributed by atoms with Gasteiger partial charge in [-0.25, -0.2) is 0 Å². The molecule has 1 fully saturated rings. The van der Waals surface area contributed by atoms with Crippen LogP contribution in [0.1, 0.15) is 36.7 Å². The number of hydrogen-bond acceptors (Lipinski definition) is 5. The van der Waals surface area contributed by atoms with Crippen LogP contribution < -0.4 is 10.9 Å². The summed E-state index contributed by atoms with van der Waals surface area (Å²) in [5.41, 5.74) is 5.83. The lowest BCUT2D eigenvalue weighted by Gasteiger charge is -2.20. The minimum atomic E-state index is -0.310. The van der Waals surface area contributed by atoms with E-state index in [0.717, 1.165) is 64.4 Å². The van der Waals surface area contributed by atoms with Gasteiger partial charge in [-0.2, -0.15) is 5.10 Å². The van der Waals surface area contributed by atoms with Crippen LogP contribution in [-0.4, -0.2) is 26.4 Å². The molecule has 0 unspecified atom stereocenters. The predicted octanol–water partition coefficient (Wildman–Crippen LogP) is 4.71. The van der Waals surface area contributed by atoms with Crippen LogP contribution in [-0.2, 0) is 17.4 Å². The zero-order chi connectivity index (χ0) is 22.5. The van der Waals surface area contributed by atoms with Crippen LogP contribution >= 0.6 is 0 Å². The van der Waals surface area contributed by atoms with E-state index < -0.39 is 0 Å². The van der Waals surface area contributed by atoms with Gasteiger partial charge in [0.1, 0.15) is 5.60 Å². The van der Waals surface area contributed by atoms with Crippen LogP contribution in [0, 0.1) is 13.8 Å². The number of nitrogens with one attached hydrogen (secondary N) is 2. The standard InChI is InChI=1S/C25H27N5O2/c1-15-6-7-18(27-23-13-22(28-29-23)25(3)8-5-9-32-25)12-19(15)20-11-17-14-26-16(2)10-21(17)30(4)24(20)31/h6-7,10-14H,5,8-9H2,1-4H3,(H2,27,28,29)/t25-/m1/s1. The Labute approximate surface area is 186 Å². The summed E-state index contributed by atoms with van der Waals surface area (Å²) in [4.78, 5) is 17.6. The molecule has 7 heteroatoms. The van der Waals surface area contributed by atoms with Crippen LogP contribution in [0.5, 0.6) is 0 Å². The lowest BCUT2D eigenvalue weighted by Crippen LogP contribution is -2.20. The van der Waals surface area contributed by atoms with Gasteiger partial charge in [0.05, 0.1) is 11.2 Å². The largest absolute Gasteiger partial charge is 0.369 e. The summed E-state index contributed by atoms with van der Waals surface area (Å²) in [6.07, 6.45) is 3.85. The average molecular weight is 430 g/mol. The number of aryl methyl sites for hydroxylation is 3. The quantitative estimate of drug-likeness (QED) is 0.491. The van der Waals surface area contributed by atoms with E-state index in [1.165, 1.54) is 0 Å². The Morgan fingerprint density at radius 1 is 1.16 bits per heavy atom. The third kappa shape index (κ3) is 3.48. The van der Waals surface area contributed by atoms with E-state index in [0.29, 0.717) is 5.56 Å². The molecule has 0 aliphatic carbocycles. The monoisotopic (exact) mass is 429 g/mol. The third-order valence-electron chi connectivity index (χ3n) is 6.41. The van der Waals surface area contributed by atoms with Crippen molar-refractivity contribution >= 4 is 22.4 Å². The fourth-order valence-electron chi connectivity index (χ4n) is 4.44. The number of nitrogens with zero attached hydrogens (tertiary/aromatic N) is 3. The van der Waals surface area contributed by atoms with Crippen molar-refractivity contribution in [2.75, 3.05) is 11.9 Å². The molecule has 1 atom stereocenters. The number of pyridine rings is 2. The molecule has 0 saturated carbocycles. The molecule has 1 aliphatic heterocycles. The molecular formula is C25H27N5O2. The Balaban J connectivity index is 1.51. The summed E-state index contributed by atoms with van der Waals surface area (Å²) in [6, 6.07) is 11.9. The molecule has 0 radical (unpaired) electrons. The summed E-state index contributed by atoms with van der Waals surface area (Å²) in [6.45, 7) is 6.81. The molecule has 164 valence electrons. The van der Waals surface area contributed by atoms with Gasteiger partial charge in [0.15, 0.2) is 5.82 Å². The highest BCUT2D eigenvalue weighted by Gasteiger charge is 2.33. The van der Waals surface area contributed by atoms with Gasteiger partial charge < -0.3 is 14.6 Å². The van der Waals surface area contributed by atoms with E-state index in [1.807, 2.05) is 63.5 Å². The van der Waals surface area contributed by atoms with Gasteiger partial charge in [0.2, 0.25) is 0 Å². The van der Waals surface area contributed by atoms with Gasteiger partial charge in [-0.15, -0.1) is 0 Å². The first-order valence-electron chi connectivity index (χ1n) is 10.9. The maximum atomic E-state index is 13.2. The molecule has 3 aromatic heterocycles. The van der Waals surface area contributed by atoms with E-state index in [-0.39, 0.29) is 11.2 Å². The van der Waals surface area contributed by atoms with Crippen LogP contribution in [0.2, 0.25) is 0 Å². The minimum absolute atomic E-state index is 0.0308. The van der Waals surface area contributed by atoms with Crippen molar-refractivity contribution < 1.29 is 4.74 Å². The lowest BCUT2D eigenvalue weighted by molar-refractivity contribution is 0.0132. The molecule has 1 saturated heterocycles. The lowest BCUT2D eigenvalue weighted by atomic mass is 9.98. The van der Waals surface area contributed by atoms with Crippen molar-refractivity contribution in [3.05, 3.63) is 69.9 Å². The number of ether oxygens (including phenoxy) is 1. The third-order valence-corrected chi connectivity index (χ3v) is 6.41. The zero-order valence-corrected chi connectivity index (χ0v) is 18.8. The molecule has 0 bridgehead atoms. The van der Waals surface area contributed by atoms with Crippen molar-refractivity contribution in [2.45, 2.75) is 39.2 Å². The smallest absolute Gasteiger partial charge is 0.258 e. The summed E-state index contributed by atoms with van der Waals surface area (Å²) < 4.78 is 7.60. The van der Waals surface area contributed by atoms with Gasteiger partial charge in [0, 0.05) is 48.2 Å². The van der Waals surface area contributed by atoms with Gasteiger partial charge in [-0.3, -0.25) is 14.9 Å². The average Bonchev–Trinajstić information content (AvgIpc) is 3.43. The molecule has 4 aromatic rings. The van der Waals surface area contributed by atoms with Gasteiger partial charge in [-0.1, -0.05) is 6.07 Å². The molecular weight excluding hydrogens is 402 g/mol. The molecule has 32 heavy (non-hydrogen) atoms. The molecule has 2 N–H and O–H groups in total. The Hall–Kier alpha value is -3.45. The summed E-state index contributed by atoms with van der Waals surface area (Å²) >= 11 is 0. The molecule has 0 amide bonds. The number of aromatic nitrogens is 4. The second-order valence-corrected chi connectivity index (χ2v) is 8.81. The summed E-state index contributed by atoms with van der Waals surface area (Å²) in [5.74, 6) is 0.720. The van der Waals surface area contributed by atoms with E-state index in [1.54, 1.807) is 4.57 Å². The number of aromatic amines is 1. The topological polar surface area (TPSA) is 84.8 Å². The summed E-state index contributed by atoms with van der Waals surface area (Å²) in [7, 11) is 1.81. The Morgan fingerprint density at radius 3 is 2.78 bits per heavy atom. The Kier molecular flexibility index (Phi) is 4.86. The number of fused-ring (bicyclic) bond motifs is 1. The summed E-state index contributed by atoms with van der Waals surface area (Å²) in [5, 5.41) is 11.8. The fraction of sp³-hybridized carbons (Fsp3) is 0.320. The SMILES string of the molecule is Cc1cc2c(cn1)cc(-c1cc(Nc3cc([C@@]4(C)CCCO4)[nH]n3)ccc1C)c(=O)n2C. The highest BCUT2D eigenvalue weighted by Crippen LogP contribution is 2.36. The molecule has 4 heterocycles. The van der Waals surface area contributed by atoms with Crippen LogP contribution in [0.15, 0.2) is 47.4 Å². The first-order valence-corrected chi connectivity index (χ1v) is 10.9. The first kappa shape index (κ1) is 20.5. The second-order valence-electron chi connectivity index (χ2n) is 8.81. The van der Waals surface area contributed by atoms with Gasteiger partial charge >= 0.3 is 0 Å². The van der Waals surface area contributed by atoms with Gasteiger partial charge in [0.25, 0.3) is 5.56 Å². The molecule has 0 spiro atoms. The number of anilines is 2. The number of benzene rings is 1. The maximum absolute atomic E-state index is 13.2. The van der Waals surface area contributed by atoms with E-state index in [4.69, 9.17) is 4.74 Å². The molecule has 7 nitrogen and oxygen atoms in total. The normalized spacial score (nSPS) is 18.4. The van der Waals surface area contributed by atoms with Gasteiger partial charge in [-0.05, 0) is 69.0 Å².